The highest BCUT2D eigenvalue weighted by Gasteiger charge is 2.26. The van der Waals surface area contributed by atoms with Crippen LogP contribution in [-0.4, -0.2) is 4.57 Å². The van der Waals surface area contributed by atoms with Crippen LogP contribution in [0.15, 0.2) is 48.0 Å². The Bertz CT molecular complexity index is 647. The normalized spacial score (nSPS) is 17.8. The summed E-state index contributed by atoms with van der Waals surface area (Å²) in [5, 5.41) is 11.4. The van der Waals surface area contributed by atoms with Crippen molar-refractivity contribution >= 4 is 17.3 Å². The smallest absolute Gasteiger partial charge is 0.100 e. The highest BCUT2D eigenvalue weighted by Crippen LogP contribution is 2.44. The number of rotatable bonds is 1. The monoisotopic (exact) mass is 252 g/mol. The number of aryl methyl sites for hydroxylation is 1. The Morgan fingerprint density at radius 2 is 2.00 bits per heavy atom. The zero-order valence-corrected chi connectivity index (χ0v) is 10.8. The fourth-order valence-electron chi connectivity index (χ4n) is 2.31. The summed E-state index contributed by atoms with van der Waals surface area (Å²) < 4.78 is 2.12. The number of allylic oxidation sites excluding steroid dienone is 1. The first-order valence-corrected chi connectivity index (χ1v) is 6.72. The number of nitriles is 1. The number of hydrogen-bond acceptors (Lipinski definition) is 2. The molecule has 1 unspecified atom stereocenters. The number of nitrogens with zero attached hydrogens (tertiary/aromatic N) is 2. The van der Waals surface area contributed by atoms with Crippen LogP contribution in [0.2, 0.25) is 0 Å². The second kappa shape index (κ2) is 4.40. The van der Waals surface area contributed by atoms with Gasteiger partial charge in [0.25, 0.3) is 0 Å². The lowest BCUT2D eigenvalue weighted by atomic mass is 10.0. The molecule has 1 aliphatic heterocycles. The van der Waals surface area contributed by atoms with Crippen LogP contribution in [0, 0.1) is 11.3 Å². The Morgan fingerprint density at radius 1 is 1.22 bits per heavy atom. The molecule has 0 spiro atoms. The number of fused-ring (bicyclic) bond motifs is 1. The molecule has 2 heterocycles. The van der Waals surface area contributed by atoms with E-state index in [1.54, 1.807) is 11.8 Å². The van der Waals surface area contributed by atoms with Crippen LogP contribution in [0.5, 0.6) is 0 Å². The van der Waals surface area contributed by atoms with Gasteiger partial charge < -0.3 is 4.57 Å². The Hall–Kier alpha value is -1.92. The van der Waals surface area contributed by atoms with Gasteiger partial charge in [0.1, 0.15) is 6.07 Å². The number of aromatic nitrogens is 1. The van der Waals surface area contributed by atoms with Gasteiger partial charge in [-0.1, -0.05) is 30.3 Å². The van der Waals surface area contributed by atoms with Gasteiger partial charge in [-0.25, -0.2) is 0 Å². The Kier molecular flexibility index (Phi) is 2.73. The average Bonchev–Trinajstić information content (AvgIpc) is 2.82. The second-order valence-electron chi connectivity index (χ2n) is 4.30. The number of benzene rings is 1. The highest BCUT2D eigenvalue weighted by atomic mass is 32.2. The molecule has 2 aromatic rings. The molecule has 3 heteroatoms. The van der Waals surface area contributed by atoms with Gasteiger partial charge in [-0.05, 0) is 17.0 Å². The quantitative estimate of drug-likeness (QED) is 0.773. The average molecular weight is 252 g/mol. The molecule has 0 radical (unpaired) electrons. The van der Waals surface area contributed by atoms with Gasteiger partial charge >= 0.3 is 0 Å². The van der Waals surface area contributed by atoms with E-state index >= 15 is 0 Å². The van der Waals surface area contributed by atoms with E-state index in [0.717, 1.165) is 11.1 Å². The molecule has 1 aromatic carbocycles. The van der Waals surface area contributed by atoms with Gasteiger partial charge in [0.15, 0.2) is 0 Å². The van der Waals surface area contributed by atoms with Crippen LogP contribution in [-0.2, 0) is 7.05 Å². The van der Waals surface area contributed by atoms with E-state index in [1.807, 2.05) is 30.8 Å². The number of thioether (sulfide) groups is 1. The van der Waals surface area contributed by atoms with E-state index in [0.29, 0.717) is 0 Å². The van der Waals surface area contributed by atoms with Crippen molar-refractivity contribution in [3.05, 3.63) is 64.8 Å². The Balaban J connectivity index is 2.14. The molecule has 1 atom stereocenters. The summed E-state index contributed by atoms with van der Waals surface area (Å²) in [7, 11) is 2.04. The van der Waals surface area contributed by atoms with Crippen molar-refractivity contribution in [2.75, 3.05) is 0 Å². The molecule has 0 amide bonds. The first-order valence-electron chi connectivity index (χ1n) is 5.77. The summed E-state index contributed by atoms with van der Waals surface area (Å²) in [6.07, 6.45) is 2.03. The van der Waals surface area contributed by atoms with Crippen LogP contribution in [0.1, 0.15) is 22.1 Å². The van der Waals surface area contributed by atoms with Crippen molar-refractivity contribution in [2.45, 2.75) is 5.25 Å². The molecule has 3 rings (SSSR count). The van der Waals surface area contributed by atoms with Crippen molar-refractivity contribution in [3.8, 4) is 6.07 Å². The summed E-state index contributed by atoms with van der Waals surface area (Å²) in [6.45, 7) is 0. The third-order valence-electron chi connectivity index (χ3n) is 3.20. The summed E-state index contributed by atoms with van der Waals surface area (Å²) in [5.74, 6) is 0. The lowest BCUT2D eigenvalue weighted by molar-refractivity contribution is 0.840. The minimum Gasteiger partial charge on any atom is -0.353 e. The molecule has 0 saturated heterocycles. The largest absolute Gasteiger partial charge is 0.353 e. The third-order valence-corrected chi connectivity index (χ3v) is 4.34. The van der Waals surface area contributed by atoms with Gasteiger partial charge in [0, 0.05) is 24.5 Å². The first kappa shape index (κ1) is 11.2. The Labute approximate surface area is 111 Å². The van der Waals surface area contributed by atoms with Crippen molar-refractivity contribution in [1.29, 1.82) is 5.26 Å². The van der Waals surface area contributed by atoms with E-state index < -0.39 is 0 Å². The maximum atomic E-state index is 9.16. The van der Waals surface area contributed by atoms with E-state index in [2.05, 4.69) is 34.9 Å². The van der Waals surface area contributed by atoms with E-state index in [1.165, 1.54) is 11.3 Å². The molecular weight excluding hydrogens is 240 g/mol. The summed E-state index contributed by atoms with van der Waals surface area (Å²) in [6, 6.07) is 14.7. The molecule has 0 aliphatic carbocycles. The first-order chi connectivity index (χ1) is 8.81. The fraction of sp³-hybridized carbons (Fsp3) is 0.133. The molecule has 2 nitrogen and oxygen atoms in total. The van der Waals surface area contributed by atoms with Crippen LogP contribution in [0.4, 0.5) is 0 Å². The van der Waals surface area contributed by atoms with E-state index in [-0.39, 0.29) is 5.25 Å². The SMILES string of the molecule is Cn1ccc2c1C(c1ccccc1)SC=C2C#N. The standard InChI is InChI=1S/C15H12N2S/c1-17-8-7-13-12(9-16)10-18-15(14(13)17)11-5-3-2-4-6-11/h2-8,10,15H,1H3. The molecule has 0 N–H and O–H groups in total. The summed E-state index contributed by atoms with van der Waals surface area (Å²) >= 11 is 1.71. The van der Waals surface area contributed by atoms with Gasteiger partial charge in [-0.15, -0.1) is 11.8 Å². The minimum absolute atomic E-state index is 0.276. The lowest BCUT2D eigenvalue weighted by Gasteiger charge is -2.22. The summed E-state index contributed by atoms with van der Waals surface area (Å²) in [4.78, 5) is 0. The molecule has 18 heavy (non-hydrogen) atoms. The van der Waals surface area contributed by atoms with Crippen LogP contribution < -0.4 is 0 Å². The predicted molar refractivity (Wildman–Crippen MR) is 74.9 cm³/mol. The van der Waals surface area contributed by atoms with Crippen LogP contribution in [0.25, 0.3) is 5.57 Å². The van der Waals surface area contributed by atoms with Gasteiger partial charge in [-0.3, -0.25) is 0 Å². The highest BCUT2D eigenvalue weighted by molar-refractivity contribution is 8.02. The second-order valence-corrected chi connectivity index (χ2v) is 5.27. The number of hydrogen-bond donors (Lipinski definition) is 0. The minimum atomic E-state index is 0.276. The van der Waals surface area contributed by atoms with Crippen LogP contribution >= 0.6 is 11.8 Å². The van der Waals surface area contributed by atoms with E-state index in [9.17, 15) is 0 Å². The molecule has 0 fully saturated rings. The Morgan fingerprint density at radius 3 is 2.72 bits per heavy atom. The van der Waals surface area contributed by atoms with Crippen molar-refractivity contribution in [1.82, 2.24) is 4.57 Å². The maximum absolute atomic E-state index is 9.16. The molecule has 88 valence electrons. The molecule has 0 bridgehead atoms. The van der Waals surface area contributed by atoms with E-state index in [4.69, 9.17) is 5.26 Å². The summed E-state index contributed by atoms with van der Waals surface area (Å²) in [5.41, 5.74) is 4.32. The fourth-order valence-corrected chi connectivity index (χ4v) is 3.50. The molecule has 1 aliphatic rings. The molecule has 1 aromatic heterocycles. The van der Waals surface area contributed by atoms with Crippen molar-refractivity contribution < 1.29 is 0 Å². The topological polar surface area (TPSA) is 28.7 Å². The molecular formula is C15H12N2S. The third kappa shape index (κ3) is 1.66. The lowest BCUT2D eigenvalue weighted by Crippen LogP contribution is -2.07. The van der Waals surface area contributed by atoms with Gasteiger partial charge in [0.2, 0.25) is 0 Å². The maximum Gasteiger partial charge on any atom is 0.100 e. The van der Waals surface area contributed by atoms with Crippen LogP contribution in [0.3, 0.4) is 0 Å². The van der Waals surface area contributed by atoms with Gasteiger partial charge in [0.05, 0.1) is 10.8 Å². The van der Waals surface area contributed by atoms with Crippen molar-refractivity contribution in [2.24, 2.45) is 7.05 Å². The zero-order chi connectivity index (χ0) is 12.5. The predicted octanol–water partition coefficient (Wildman–Crippen LogP) is 3.73. The molecule has 0 saturated carbocycles. The zero-order valence-electron chi connectivity index (χ0n) is 10.00. The van der Waals surface area contributed by atoms with Crippen molar-refractivity contribution in [3.63, 3.8) is 0 Å². The van der Waals surface area contributed by atoms with Gasteiger partial charge in [-0.2, -0.15) is 5.26 Å².